The monoisotopic (exact) mass is 379 g/mol. The number of rotatable bonds is 4. The standard InChI is InChI=1S/C18H20F3N5O/c1-17(2,3)26-14-13(10-23-26)15(27)25-16(24-14)22-9-8-11-4-6-12(7-5-11)18(19,20)21/h4-7,10H,8-9H2,1-3H3,(H2,22,24,25,27). The minimum absolute atomic E-state index is 0.297. The average molecular weight is 379 g/mol. The Labute approximate surface area is 153 Å². The molecule has 3 rings (SSSR count). The van der Waals surface area contributed by atoms with Crippen molar-refractivity contribution in [3.63, 3.8) is 0 Å². The summed E-state index contributed by atoms with van der Waals surface area (Å²) in [6, 6.07) is 5.00. The molecule has 2 aromatic heterocycles. The Bertz CT molecular complexity index is 997. The first kappa shape index (κ1) is 18.9. The molecule has 2 N–H and O–H groups in total. The lowest BCUT2D eigenvalue weighted by molar-refractivity contribution is -0.137. The molecule has 27 heavy (non-hydrogen) atoms. The van der Waals surface area contributed by atoms with Gasteiger partial charge in [-0.1, -0.05) is 12.1 Å². The molecule has 0 aliphatic carbocycles. The summed E-state index contributed by atoms with van der Waals surface area (Å²) in [4.78, 5) is 19.3. The van der Waals surface area contributed by atoms with Gasteiger partial charge in [0.05, 0.1) is 17.3 Å². The highest BCUT2D eigenvalue weighted by molar-refractivity contribution is 5.74. The van der Waals surface area contributed by atoms with Crippen LogP contribution in [0.25, 0.3) is 11.0 Å². The molecule has 9 heteroatoms. The molecule has 0 amide bonds. The van der Waals surface area contributed by atoms with E-state index in [0.29, 0.717) is 29.9 Å². The smallest absolute Gasteiger partial charge is 0.355 e. The number of alkyl halides is 3. The van der Waals surface area contributed by atoms with Crippen LogP contribution in [0.1, 0.15) is 31.9 Å². The van der Waals surface area contributed by atoms with Gasteiger partial charge in [-0.25, -0.2) is 4.68 Å². The number of nitrogens with zero attached hydrogens (tertiary/aromatic N) is 3. The molecule has 0 saturated heterocycles. The van der Waals surface area contributed by atoms with Crippen molar-refractivity contribution in [3.05, 3.63) is 51.9 Å². The predicted octanol–water partition coefficient (Wildman–Crippen LogP) is 3.55. The molecular weight excluding hydrogens is 359 g/mol. The summed E-state index contributed by atoms with van der Waals surface area (Å²) < 4.78 is 39.4. The van der Waals surface area contributed by atoms with Crippen molar-refractivity contribution >= 4 is 17.0 Å². The van der Waals surface area contributed by atoms with Gasteiger partial charge in [-0.05, 0) is 44.9 Å². The summed E-state index contributed by atoms with van der Waals surface area (Å²) in [6.07, 6.45) is -2.37. The van der Waals surface area contributed by atoms with Crippen LogP contribution in [0.5, 0.6) is 0 Å². The second kappa shape index (κ2) is 6.71. The van der Waals surface area contributed by atoms with Gasteiger partial charge in [-0.2, -0.15) is 23.3 Å². The SMILES string of the molecule is CC(C)(C)n1ncc2c(=O)[nH]c(NCCc3ccc(C(F)(F)F)cc3)nc21. The van der Waals surface area contributed by atoms with E-state index in [9.17, 15) is 18.0 Å². The van der Waals surface area contributed by atoms with E-state index in [-0.39, 0.29) is 11.1 Å². The second-order valence-electron chi connectivity index (χ2n) is 7.25. The number of hydrogen-bond acceptors (Lipinski definition) is 4. The summed E-state index contributed by atoms with van der Waals surface area (Å²) >= 11 is 0. The number of hydrogen-bond donors (Lipinski definition) is 2. The minimum atomic E-state index is -4.34. The number of fused-ring (bicyclic) bond motifs is 1. The van der Waals surface area contributed by atoms with E-state index in [1.807, 2.05) is 20.8 Å². The third kappa shape index (κ3) is 4.12. The lowest BCUT2D eigenvalue weighted by Gasteiger charge is -2.19. The summed E-state index contributed by atoms with van der Waals surface area (Å²) in [5.74, 6) is 0.297. The first-order valence-electron chi connectivity index (χ1n) is 8.44. The Morgan fingerprint density at radius 3 is 2.41 bits per heavy atom. The fourth-order valence-corrected chi connectivity index (χ4v) is 2.68. The highest BCUT2D eigenvalue weighted by Crippen LogP contribution is 2.29. The maximum absolute atomic E-state index is 12.6. The number of nitrogens with one attached hydrogen (secondary N) is 2. The maximum atomic E-state index is 12.6. The van der Waals surface area contributed by atoms with Crippen molar-refractivity contribution in [2.75, 3.05) is 11.9 Å². The van der Waals surface area contributed by atoms with Crippen LogP contribution < -0.4 is 10.9 Å². The van der Waals surface area contributed by atoms with Gasteiger partial charge in [0.2, 0.25) is 5.95 Å². The van der Waals surface area contributed by atoms with Crippen LogP contribution in [-0.2, 0) is 18.1 Å². The third-order valence-electron chi connectivity index (χ3n) is 4.06. The topological polar surface area (TPSA) is 75.6 Å². The molecule has 0 bridgehead atoms. The molecule has 0 fully saturated rings. The molecule has 0 spiro atoms. The third-order valence-corrected chi connectivity index (χ3v) is 4.06. The zero-order chi connectivity index (χ0) is 19.8. The second-order valence-corrected chi connectivity index (χ2v) is 7.25. The van der Waals surface area contributed by atoms with Gasteiger partial charge in [0.15, 0.2) is 5.65 Å². The van der Waals surface area contributed by atoms with Gasteiger partial charge in [0.1, 0.15) is 5.39 Å². The van der Waals surface area contributed by atoms with Crippen LogP contribution in [0.4, 0.5) is 19.1 Å². The van der Waals surface area contributed by atoms with Gasteiger partial charge in [0, 0.05) is 6.54 Å². The van der Waals surface area contributed by atoms with Crippen LogP contribution >= 0.6 is 0 Å². The minimum Gasteiger partial charge on any atom is -0.355 e. The molecule has 1 aromatic carbocycles. The molecule has 144 valence electrons. The number of halogens is 3. The normalized spacial score (nSPS) is 12.5. The van der Waals surface area contributed by atoms with E-state index >= 15 is 0 Å². The molecule has 0 atom stereocenters. The van der Waals surface area contributed by atoms with Gasteiger partial charge in [-0.3, -0.25) is 9.78 Å². The van der Waals surface area contributed by atoms with Gasteiger partial charge in [0.25, 0.3) is 5.56 Å². The van der Waals surface area contributed by atoms with E-state index in [0.717, 1.165) is 17.7 Å². The van der Waals surface area contributed by atoms with Crippen molar-refractivity contribution < 1.29 is 13.2 Å². The number of anilines is 1. The zero-order valence-electron chi connectivity index (χ0n) is 15.2. The Morgan fingerprint density at radius 1 is 1.15 bits per heavy atom. The van der Waals surface area contributed by atoms with Crippen molar-refractivity contribution in [2.24, 2.45) is 0 Å². The van der Waals surface area contributed by atoms with Crippen molar-refractivity contribution in [1.82, 2.24) is 19.7 Å². The lowest BCUT2D eigenvalue weighted by Crippen LogP contribution is -2.24. The molecule has 0 aliphatic rings. The molecule has 0 aliphatic heterocycles. The Morgan fingerprint density at radius 2 is 1.81 bits per heavy atom. The highest BCUT2D eigenvalue weighted by atomic mass is 19.4. The van der Waals surface area contributed by atoms with E-state index in [1.54, 1.807) is 4.68 Å². The summed E-state index contributed by atoms with van der Waals surface area (Å²) in [7, 11) is 0. The van der Waals surface area contributed by atoms with Crippen LogP contribution in [0.3, 0.4) is 0 Å². The molecule has 0 unspecified atom stereocenters. The molecular formula is C18H20F3N5O. The molecule has 0 radical (unpaired) electrons. The quantitative estimate of drug-likeness (QED) is 0.727. The van der Waals surface area contributed by atoms with E-state index in [4.69, 9.17) is 0 Å². The largest absolute Gasteiger partial charge is 0.416 e. The fraction of sp³-hybridized carbons (Fsp3) is 0.389. The average Bonchev–Trinajstić information content (AvgIpc) is 2.99. The summed E-state index contributed by atoms with van der Waals surface area (Å²) in [6.45, 7) is 6.28. The summed E-state index contributed by atoms with van der Waals surface area (Å²) in [5, 5.41) is 7.65. The molecule has 2 heterocycles. The Hall–Kier alpha value is -2.84. The molecule has 6 nitrogen and oxygen atoms in total. The number of benzene rings is 1. The van der Waals surface area contributed by atoms with Gasteiger partial charge < -0.3 is 5.32 Å². The first-order valence-corrected chi connectivity index (χ1v) is 8.44. The number of aromatic nitrogens is 4. The first-order chi connectivity index (χ1) is 12.6. The van der Waals surface area contributed by atoms with Crippen molar-refractivity contribution in [2.45, 2.75) is 38.9 Å². The summed E-state index contributed by atoms with van der Waals surface area (Å²) in [5.41, 5.74) is -0.0828. The number of H-pyrrole nitrogens is 1. The van der Waals surface area contributed by atoms with Crippen LogP contribution in [0, 0.1) is 0 Å². The molecule has 0 saturated carbocycles. The zero-order valence-corrected chi connectivity index (χ0v) is 15.2. The van der Waals surface area contributed by atoms with Gasteiger partial charge in [-0.15, -0.1) is 0 Å². The van der Waals surface area contributed by atoms with E-state index in [2.05, 4.69) is 20.4 Å². The Kier molecular flexibility index (Phi) is 4.71. The van der Waals surface area contributed by atoms with Gasteiger partial charge >= 0.3 is 6.18 Å². The maximum Gasteiger partial charge on any atom is 0.416 e. The van der Waals surface area contributed by atoms with Crippen LogP contribution in [0.2, 0.25) is 0 Å². The van der Waals surface area contributed by atoms with Crippen molar-refractivity contribution in [1.29, 1.82) is 0 Å². The lowest BCUT2D eigenvalue weighted by atomic mass is 10.1. The van der Waals surface area contributed by atoms with E-state index < -0.39 is 11.7 Å². The van der Waals surface area contributed by atoms with Crippen molar-refractivity contribution in [3.8, 4) is 0 Å². The highest BCUT2D eigenvalue weighted by Gasteiger charge is 2.29. The predicted molar refractivity (Wildman–Crippen MR) is 96.8 cm³/mol. The number of aromatic amines is 1. The molecule has 3 aromatic rings. The van der Waals surface area contributed by atoms with E-state index in [1.165, 1.54) is 18.3 Å². The Balaban J connectivity index is 1.73. The van der Waals surface area contributed by atoms with Crippen LogP contribution in [-0.4, -0.2) is 26.3 Å². The van der Waals surface area contributed by atoms with Crippen LogP contribution in [0.15, 0.2) is 35.3 Å². The fourth-order valence-electron chi connectivity index (χ4n) is 2.68.